The van der Waals surface area contributed by atoms with Crippen molar-refractivity contribution in [3.05, 3.63) is 28.8 Å². The van der Waals surface area contributed by atoms with Crippen molar-refractivity contribution in [2.45, 2.75) is 32.5 Å². The van der Waals surface area contributed by atoms with Gasteiger partial charge in [-0.25, -0.2) is 4.79 Å². The van der Waals surface area contributed by atoms with Crippen LogP contribution in [-0.2, 0) is 11.0 Å². The van der Waals surface area contributed by atoms with Gasteiger partial charge in [0.2, 0.25) is 5.91 Å². The maximum absolute atomic E-state index is 12.9. The second-order valence-electron chi connectivity index (χ2n) is 6.76. The van der Waals surface area contributed by atoms with Gasteiger partial charge in [0, 0.05) is 37.9 Å². The highest BCUT2D eigenvalue weighted by atomic mass is 35.5. The van der Waals surface area contributed by atoms with E-state index in [1.165, 1.54) is 11.0 Å². The van der Waals surface area contributed by atoms with Crippen LogP contribution in [0.15, 0.2) is 18.2 Å². The van der Waals surface area contributed by atoms with E-state index in [0.29, 0.717) is 26.2 Å². The smallest absolute Gasteiger partial charge is 0.353 e. The third-order valence-electron chi connectivity index (χ3n) is 4.57. The van der Waals surface area contributed by atoms with Crippen molar-refractivity contribution in [3.8, 4) is 0 Å². The Morgan fingerprint density at radius 3 is 2.43 bits per heavy atom. The summed E-state index contributed by atoms with van der Waals surface area (Å²) in [6.45, 7) is 5.95. The van der Waals surface area contributed by atoms with Gasteiger partial charge in [0.25, 0.3) is 0 Å². The van der Waals surface area contributed by atoms with Crippen LogP contribution in [0.1, 0.15) is 25.8 Å². The van der Waals surface area contributed by atoms with Crippen molar-refractivity contribution >= 4 is 29.2 Å². The van der Waals surface area contributed by atoms with Crippen LogP contribution >= 0.6 is 11.6 Å². The van der Waals surface area contributed by atoms with Crippen LogP contribution in [0.25, 0.3) is 0 Å². The molecule has 0 unspecified atom stereocenters. The Morgan fingerprint density at radius 1 is 1.21 bits per heavy atom. The zero-order valence-electron chi connectivity index (χ0n) is 15.8. The average molecular weight is 421 g/mol. The number of rotatable bonds is 5. The lowest BCUT2D eigenvalue weighted by molar-refractivity contribution is -0.137. The number of hydrogen-bond acceptors (Lipinski definition) is 3. The molecule has 1 heterocycles. The van der Waals surface area contributed by atoms with Crippen LogP contribution in [0.2, 0.25) is 5.02 Å². The Hall–Kier alpha value is -2.00. The number of carbonyl (C=O) groups excluding carboxylic acids is 2. The number of piperazine rings is 1. The second-order valence-corrected chi connectivity index (χ2v) is 7.17. The highest BCUT2D eigenvalue weighted by molar-refractivity contribution is 6.31. The molecule has 3 amide bonds. The number of hydrogen-bond donors (Lipinski definition) is 2. The van der Waals surface area contributed by atoms with E-state index >= 15 is 0 Å². The maximum Gasteiger partial charge on any atom is 0.417 e. The molecule has 0 spiro atoms. The van der Waals surface area contributed by atoms with Crippen LogP contribution < -0.4 is 10.6 Å². The molecule has 1 aromatic carbocycles. The Bertz CT molecular complexity index is 707. The molecule has 156 valence electrons. The molecule has 0 radical (unpaired) electrons. The van der Waals surface area contributed by atoms with Crippen LogP contribution in [-0.4, -0.2) is 60.5 Å². The number of nitrogens with one attached hydrogen (secondary N) is 2. The predicted molar refractivity (Wildman–Crippen MR) is 101 cm³/mol. The van der Waals surface area contributed by atoms with Gasteiger partial charge in [0.15, 0.2) is 0 Å². The summed E-state index contributed by atoms with van der Waals surface area (Å²) in [7, 11) is 0. The summed E-state index contributed by atoms with van der Waals surface area (Å²) in [5.74, 6) is -0.0619. The second kappa shape index (κ2) is 9.47. The summed E-state index contributed by atoms with van der Waals surface area (Å²) in [5.41, 5.74) is -0.971. The molecule has 1 aromatic rings. The lowest BCUT2D eigenvalue weighted by atomic mass is 10.2. The Kier molecular flexibility index (Phi) is 7.54. The minimum Gasteiger partial charge on any atom is -0.353 e. The zero-order chi connectivity index (χ0) is 20.9. The van der Waals surface area contributed by atoms with Gasteiger partial charge in [-0.3, -0.25) is 9.69 Å². The Labute approximate surface area is 167 Å². The molecule has 1 aliphatic rings. The number of benzene rings is 1. The van der Waals surface area contributed by atoms with E-state index in [4.69, 9.17) is 11.6 Å². The van der Waals surface area contributed by atoms with E-state index in [1.54, 1.807) is 0 Å². The Morgan fingerprint density at radius 2 is 1.86 bits per heavy atom. The largest absolute Gasteiger partial charge is 0.417 e. The van der Waals surface area contributed by atoms with Crippen LogP contribution in [0.4, 0.5) is 23.7 Å². The summed E-state index contributed by atoms with van der Waals surface area (Å²) in [4.78, 5) is 27.7. The minimum absolute atomic E-state index is 0.0251. The minimum atomic E-state index is -4.60. The summed E-state index contributed by atoms with van der Waals surface area (Å²) in [6.07, 6.45) is -3.75. The molecular weight excluding hydrogens is 397 g/mol. The number of halogens is 4. The van der Waals surface area contributed by atoms with Crippen LogP contribution in [0, 0.1) is 0 Å². The molecule has 28 heavy (non-hydrogen) atoms. The molecule has 6 nitrogen and oxygen atoms in total. The normalized spacial score (nSPS) is 16.6. The van der Waals surface area contributed by atoms with Crippen LogP contribution in [0.5, 0.6) is 0 Å². The quantitative estimate of drug-likeness (QED) is 0.767. The summed E-state index contributed by atoms with van der Waals surface area (Å²) in [6, 6.07) is 2.87. The fourth-order valence-electron chi connectivity index (χ4n) is 2.76. The number of carbonyl (C=O) groups is 2. The molecule has 1 aliphatic heterocycles. The number of alkyl halides is 3. The van der Waals surface area contributed by atoms with Crippen molar-refractivity contribution < 1.29 is 22.8 Å². The molecule has 2 N–H and O–H groups in total. The highest BCUT2D eigenvalue weighted by Crippen LogP contribution is 2.36. The first-order valence-corrected chi connectivity index (χ1v) is 9.42. The third kappa shape index (κ3) is 6.27. The Balaban J connectivity index is 1.86. The summed E-state index contributed by atoms with van der Waals surface area (Å²) in [5, 5.41) is 4.94. The monoisotopic (exact) mass is 420 g/mol. The molecule has 2 rings (SSSR count). The first kappa shape index (κ1) is 22.3. The number of amides is 3. The fourth-order valence-corrected chi connectivity index (χ4v) is 2.98. The molecule has 1 fully saturated rings. The van der Waals surface area contributed by atoms with E-state index in [-0.39, 0.29) is 24.2 Å². The fraction of sp³-hybridized carbons (Fsp3) is 0.556. The van der Waals surface area contributed by atoms with Crippen molar-refractivity contribution in [3.63, 3.8) is 0 Å². The average Bonchev–Trinajstić information content (AvgIpc) is 2.62. The van der Waals surface area contributed by atoms with E-state index < -0.39 is 22.8 Å². The summed E-state index contributed by atoms with van der Waals surface area (Å²) < 4.78 is 38.8. The molecule has 0 saturated carbocycles. The van der Waals surface area contributed by atoms with Gasteiger partial charge in [-0.1, -0.05) is 18.5 Å². The van der Waals surface area contributed by atoms with Gasteiger partial charge < -0.3 is 15.5 Å². The van der Waals surface area contributed by atoms with Gasteiger partial charge in [-0.2, -0.15) is 13.2 Å². The van der Waals surface area contributed by atoms with Gasteiger partial charge >= 0.3 is 12.2 Å². The highest BCUT2D eigenvalue weighted by Gasteiger charge is 2.33. The lowest BCUT2D eigenvalue weighted by Gasteiger charge is -2.34. The predicted octanol–water partition coefficient (Wildman–Crippen LogP) is 3.42. The third-order valence-corrected chi connectivity index (χ3v) is 4.90. The van der Waals surface area contributed by atoms with Gasteiger partial charge in [-0.15, -0.1) is 0 Å². The topological polar surface area (TPSA) is 64.7 Å². The standard InChI is InChI=1S/C18H24ClF3N4O2/c1-3-12(2)23-16(27)11-25-6-8-26(9-7-25)17(28)24-13-4-5-15(19)14(10-13)18(20,21)22/h4-5,10,12H,3,6-9,11H2,1-2H3,(H,23,27)(H,24,28)/t12-/m1/s1. The molecule has 10 heteroatoms. The lowest BCUT2D eigenvalue weighted by Crippen LogP contribution is -2.52. The number of urea groups is 1. The molecule has 1 saturated heterocycles. The number of nitrogens with zero attached hydrogens (tertiary/aromatic N) is 2. The van der Waals surface area contributed by atoms with Crippen molar-refractivity contribution in [2.75, 3.05) is 38.0 Å². The SMILES string of the molecule is CC[C@@H](C)NC(=O)CN1CCN(C(=O)Nc2ccc(Cl)c(C(F)(F)F)c2)CC1. The van der Waals surface area contributed by atoms with Crippen LogP contribution in [0.3, 0.4) is 0 Å². The molecule has 0 bridgehead atoms. The van der Waals surface area contributed by atoms with E-state index in [0.717, 1.165) is 18.6 Å². The molecule has 0 aliphatic carbocycles. The maximum atomic E-state index is 12.9. The number of anilines is 1. The van der Waals surface area contributed by atoms with Crippen molar-refractivity contribution in [1.29, 1.82) is 0 Å². The first-order valence-electron chi connectivity index (χ1n) is 9.04. The molecular formula is C18H24ClF3N4O2. The van der Waals surface area contributed by atoms with E-state index in [9.17, 15) is 22.8 Å². The first-order chi connectivity index (χ1) is 13.1. The van der Waals surface area contributed by atoms with Gasteiger partial charge in [-0.05, 0) is 31.5 Å². The molecule has 1 atom stereocenters. The van der Waals surface area contributed by atoms with E-state index in [2.05, 4.69) is 10.6 Å². The zero-order valence-corrected chi connectivity index (χ0v) is 16.5. The molecule has 0 aromatic heterocycles. The van der Waals surface area contributed by atoms with Gasteiger partial charge in [0.1, 0.15) is 0 Å². The van der Waals surface area contributed by atoms with Gasteiger partial charge in [0.05, 0.1) is 17.1 Å². The van der Waals surface area contributed by atoms with Crippen molar-refractivity contribution in [1.82, 2.24) is 15.1 Å². The summed E-state index contributed by atoms with van der Waals surface area (Å²) >= 11 is 5.58. The van der Waals surface area contributed by atoms with Crippen molar-refractivity contribution in [2.24, 2.45) is 0 Å². The van der Waals surface area contributed by atoms with E-state index in [1.807, 2.05) is 18.7 Å².